The van der Waals surface area contributed by atoms with Gasteiger partial charge >= 0.3 is 6.61 Å². The smallest absolute Gasteiger partial charge is 0.387 e. The molecule has 0 spiro atoms. The normalized spacial score (nSPS) is 16.4. The number of benzene rings is 1. The first-order chi connectivity index (χ1) is 13.1. The average Bonchev–Trinajstić information content (AvgIpc) is 2.66. The zero-order chi connectivity index (χ0) is 19.5. The first-order valence-corrected chi connectivity index (χ1v) is 10.3. The van der Waals surface area contributed by atoms with Crippen LogP contribution in [-0.2, 0) is 11.3 Å². The summed E-state index contributed by atoms with van der Waals surface area (Å²) in [6, 6.07) is 6.74. The first-order valence-electron chi connectivity index (χ1n) is 9.35. The highest BCUT2D eigenvalue weighted by Crippen LogP contribution is 2.34. The second-order valence-electron chi connectivity index (χ2n) is 6.26. The molecule has 1 aliphatic heterocycles. The Kier molecular flexibility index (Phi) is 12.1. The van der Waals surface area contributed by atoms with Gasteiger partial charge < -0.3 is 20.1 Å². The molecule has 0 unspecified atom stereocenters. The molecule has 0 aliphatic carbocycles. The van der Waals surface area contributed by atoms with Crippen LogP contribution in [0.5, 0.6) is 5.75 Å². The maximum atomic E-state index is 12.6. The molecule has 1 aromatic carbocycles. The van der Waals surface area contributed by atoms with Crippen molar-refractivity contribution in [3.8, 4) is 5.75 Å². The van der Waals surface area contributed by atoms with Gasteiger partial charge in [-0.2, -0.15) is 20.5 Å². The SMILES string of the molecule is CCNC(=NCc1ccccc1OC(F)F)NCC1(SCC)CCOCC1.I. The molecule has 1 aliphatic rings. The van der Waals surface area contributed by atoms with E-state index in [0.29, 0.717) is 11.5 Å². The van der Waals surface area contributed by atoms with E-state index in [4.69, 9.17) is 4.74 Å². The Morgan fingerprint density at radius 2 is 1.96 bits per heavy atom. The van der Waals surface area contributed by atoms with E-state index in [1.807, 2.05) is 18.7 Å². The lowest BCUT2D eigenvalue weighted by Crippen LogP contribution is -2.48. The lowest BCUT2D eigenvalue weighted by molar-refractivity contribution is -0.0504. The predicted octanol–water partition coefficient (Wildman–Crippen LogP) is 4.26. The van der Waals surface area contributed by atoms with Gasteiger partial charge in [0.15, 0.2) is 5.96 Å². The molecule has 0 radical (unpaired) electrons. The summed E-state index contributed by atoms with van der Waals surface area (Å²) >= 11 is 1.95. The minimum Gasteiger partial charge on any atom is -0.434 e. The highest BCUT2D eigenvalue weighted by atomic mass is 127. The van der Waals surface area contributed by atoms with E-state index in [-0.39, 0.29) is 41.0 Å². The van der Waals surface area contributed by atoms with Crippen molar-refractivity contribution in [2.24, 2.45) is 4.99 Å². The fourth-order valence-corrected chi connectivity index (χ4v) is 4.26. The number of thioether (sulfide) groups is 1. The molecule has 160 valence electrons. The van der Waals surface area contributed by atoms with Crippen LogP contribution in [0.4, 0.5) is 8.78 Å². The van der Waals surface area contributed by atoms with E-state index in [1.165, 1.54) is 6.07 Å². The van der Waals surface area contributed by atoms with Crippen LogP contribution in [0.1, 0.15) is 32.3 Å². The summed E-state index contributed by atoms with van der Waals surface area (Å²) in [5.41, 5.74) is 0.624. The Morgan fingerprint density at radius 3 is 2.61 bits per heavy atom. The van der Waals surface area contributed by atoms with Gasteiger partial charge in [-0.15, -0.1) is 24.0 Å². The molecule has 2 rings (SSSR count). The minimum absolute atomic E-state index is 0. The van der Waals surface area contributed by atoms with Crippen molar-refractivity contribution in [2.75, 3.05) is 32.1 Å². The van der Waals surface area contributed by atoms with Crippen molar-refractivity contribution in [2.45, 2.75) is 44.6 Å². The Labute approximate surface area is 187 Å². The van der Waals surface area contributed by atoms with E-state index in [9.17, 15) is 8.78 Å². The van der Waals surface area contributed by atoms with Crippen LogP contribution >= 0.6 is 35.7 Å². The number of hydrogen-bond donors (Lipinski definition) is 2. The number of nitrogens with zero attached hydrogens (tertiary/aromatic N) is 1. The van der Waals surface area contributed by atoms with Crippen LogP contribution in [-0.4, -0.2) is 49.4 Å². The lowest BCUT2D eigenvalue weighted by Gasteiger charge is -2.37. The Bertz CT molecular complexity index is 597. The topological polar surface area (TPSA) is 54.9 Å². The van der Waals surface area contributed by atoms with Gasteiger partial charge in [0.1, 0.15) is 5.75 Å². The van der Waals surface area contributed by atoms with Crippen molar-refractivity contribution in [3.05, 3.63) is 29.8 Å². The zero-order valence-electron chi connectivity index (χ0n) is 16.4. The summed E-state index contributed by atoms with van der Waals surface area (Å²) in [6.45, 7) is 4.64. The second kappa shape index (κ2) is 13.4. The van der Waals surface area contributed by atoms with E-state index in [0.717, 1.165) is 44.9 Å². The highest BCUT2D eigenvalue weighted by molar-refractivity contribution is 14.0. The monoisotopic (exact) mass is 529 g/mol. The molecule has 0 amide bonds. The van der Waals surface area contributed by atoms with Crippen molar-refractivity contribution in [3.63, 3.8) is 0 Å². The largest absolute Gasteiger partial charge is 0.434 e. The van der Waals surface area contributed by atoms with Crippen molar-refractivity contribution in [1.82, 2.24) is 10.6 Å². The van der Waals surface area contributed by atoms with Gasteiger partial charge in [-0.3, -0.25) is 0 Å². The number of nitrogens with one attached hydrogen (secondary N) is 2. The molecular formula is C19H30F2IN3O2S. The molecule has 1 fully saturated rings. The summed E-state index contributed by atoms with van der Waals surface area (Å²) in [5, 5.41) is 6.64. The van der Waals surface area contributed by atoms with Crippen LogP contribution in [0.2, 0.25) is 0 Å². The van der Waals surface area contributed by atoms with Crippen LogP contribution in [0.25, 0.3) is 0 Å². The van der Waals surface area contributed by atoms with Gasteiger partial charge in [-0.25, -0.2) is 4.99 Å². The number of alkyl halides is 2. The average molecular weight is 529 g/mol. The van der Waals surface area contributed by atoms with Crippen molar-refractivity contribution < 1.29 is 18.3 Å². The molecule has 1 saturated heterocycles. The molecule has 0 aromatic heterocycles. The maximum Gasteiger partial charge on any atom is 0.387 e. The number of ether oxygens (including phenoxy) is 2. The van der Waals surface area contributed by atoms with Gasteiger partial charge in [-0.1, -0.05) is 25.1 Å². The Morgan fingerprint density at radius 1 is 1.25 bits per heavy atom. The standard InChI is InChI=1S/C19H29F2N3O2S.HI/c1-3-22-18(24-14-19(27-4-2)9-11-25-12-10-19)23-13-15-7-5-6-8-16(15)26-17(20)21;/h5-8,17H,3-4,9-14H2,1-2H3,(H2,22,23,24);1H. The molecule has 1 aromatic rings. The van der Waals surface area contributed by atoms with E-state index in [1.54, 1.807) is 18.2 Å². The highest BCUT2D eigenvalue weighted by Gasteiger charge is 2.32. The summed E-state index contributed by atoms with van der Waals surface area (Å²) in [7, 11) is 0. The molecule has 0 bridgehead atoms. The van der Waals surface area contributed by atoms with Crippen LogP contribution in [0, 0.1) is 0 Å². The molecule has 28 heavy (non-hydrogen) atoms. The summed E-state index contributed by atoms with van der Waals surface area (Å²) in [6.07, 6.45) is 2.01. The molecule has 9 heteroatoms. The zero-order valence-corrected chi connectivity index (χ0v) is 19.5. The number of halogens is 3. The van der Waals surface area contributed by atoms with Gasteiger partial charge in [0.25, 0.3) is 0 Å². The van der Waals surface area contributed by atoms with E-state index >= 15 is 0 Å². The predicted molar refractivity (Wildman–Crippen MR) is 122 cm³/mol. The number of para-hydroxylation sites is 1. The van der Waals surface area contributed by atoms with Gasteiger partial charge in [-0.05, 0) is 31.6 Å². The van der Waals surface area contributed by atoms with Gasteiger partial charge in [0.2, 0.25) is 0 Å². The molecule has 2 N–H and O–H groups in total. The van der Waals surface area contributed by atoms with Crippen molar-refractivity contribution in [1.29, 1.82) is 0 Å². The van der Waals surface area contributed by atoms with Crippen LogP contribution in [0.15, 0.2) is 29.3 Å². The van der Waals surface area contributed by atoms with E-state index in [2.05, 4.69) is 27.3 Å². The molecule has 0 atom stereocenters. The number of rotatable bonds is 9. The number of guanidine groups is 1. The van der Waals surface area contributed by atoms with Gasteiger partial charge in [0.05, 0.1) is 6.54 Å². The maximum absolute atomic E-state index is 12.6. The van der Waals surface area contributed by atoms with Crippen LogP contribution < -0.4 is 15.4 Å². The fraction of sp³-hybridized carbons (Fsp3) is 0.632. The third-order valence-electron chi connectivity index (χ3n) is 4.37. The third-order valence-corrected chi connectivity index (χ3v) is 5.83. The van der Waals surface area contributed by atoms with Crippen molar-refractivity contribution >= 4 is 41.7 Å². The number of hydrogen-bond acceptors (Lipinski definition) is 4. The van der Waals surface area contributed by atoms with Gasteiger partial charge in [0, 0.05) is 36.6 Å². The fourth-order valence-electron chi connectivity index (χ4n) is 3.02. The summed E-state index contributed by atoms with van der Waals surface area (Å²) in [4.78, 5) is 4.56. The molecule has 5 nitrogen and oxygen atoms in total. The quantitative estimate of drug-likeness (QED) is 0.285. The lowest BCUT2D eigenvalue weighted by atomic mass is 9.99. The summed E-state index contributed by atoms with van der Waals surface area (Å²) < 4.78 is 35.4. The van der Waals surface area contributed by atoms with E-state index < -0.39 is 6.61 Å². The number of aliphatic imine (C=N–C) groups is 1. The Hall–Kier alpha value is -0.810. The summed E-state index contributed by atoms with van der Waals surface area (Å²) in [5.74, 6) is 1.88. The molecule has 1 heterocycles. The Balaban J connectivity index is 0.00000392. The minimum atomic E-state index is -2.85. The molecule has 0 saturated carbocycles. The second-order valence-corrected chi connectivity index (χ2v) is 8.00. The van der Waals surface area contributed by atoms with Crippen LogP contribution in [0.3, 0.4) is 0 Å². The molecular weight excluding hydrogens is 499 g/mol. The third kappa shape index (κ3) is 8.28. The first kappa shape index (κ1) is 25.2.